The zero-order valence-corrected chi connectivity index (χ0v) is 17.1. The van der Waals surface area contributed by atoms with Gasteiger partial charge in [0.1, 0.15) is 11.6 Å². The minimum absolute atomic E-state index is 0.267. The fourth-order valence-electron chi connectivity index (χ4n) is 3.26. The third kappa shape index (κ3) is 4.48. The van der Waals surface area contributed by atoms with Gasteiger partial charge in [0.2, 0.25) is 5.89 Å². The van der Waals surface area contributed by atoms with Crippen LogP contribution >= 0.6 is 0 Å². The van der Waals surface area contributed by atoms with E-state index in [2.05, 4.69) is 10.3 Å². The van der Waals surface area contributed by atoms with E-state index in [1.807, 2.05) is 37.3 Å². The minimum atomic E-state index is -0.316. The molecule has 0 saturated carbocycles. The van der Waals surface area contributed by atoms with E-state index in [0.29, 0.717) is 22.8 Å². The van der Waals surface area contributed by atoms with Crippen molar-refractivity contribution in [1.29, 1.82) is 0 Å². The maximum atomic E-state index is 13.2. The number of halogens is 1. The lowest BCUT2D eigenvalue weighted by atomic mass is 10.0. The molecule has 0 spiro atoms. The third-order valence-electron chi connectivity index (χ3n) is 5.00. The summed E-state index contributed by atoms with van der Waals surface area (Å²) in [7, 11) is 1.61. The molecule has 5 nitrogen and oxygen atoms in total. The minimum Gasteiger partial charge on any atom is -0.497 e. The van der Waals surface area contributed by atoms with Gasteiger partial charge in [-0.2, -0.15) is 0 Å². The molecule has 0 aliphatic heterocycles. The highest BCUT2D eigenvalue weighted by molar-refractivity contribution is 6.00. The van der Waals surface area contributed by atoms with Crippen LogP contribution in [-0.4, -0.2) is 18.0 Å². The first-order valence-corrected chi connectivity index (χ1v) is 9.81. The second kappa shape index (κ2) is 8.83. The Balaban J connectivity index is 1.57. The number of benzene rings is 3. The first-order chi connectivity index (χ1) is 15.0. The fraction of sp³-hybridized carbons (Fsp3) is 0.120. The second-order valence-electron chi connectivity index (χ2n) is 7.05. The number of hydrogen-bond acceptors (Lipinski definition) is 4. The van der Waals surface area contributed by atoms with Crippen LogP contribution < -0.4 is 10.1 Å². The van der Waals surface area contributed by atoms with Gasteiger partial charge < -0.3 is 14.5 Å². The van der Waals surface area contributed by atoms with Crippen LogP contribution in [0.5, 0.6) is 5.75 Å². The first kappa shape index (κ1) is 20.3. The number of carbonyl (C=O) groups excluding carboxylic acids is 1. The Labute approximate surface area is 179 Å². The summed E-state index contributed by atoms with van der Waals surface area (Å²) in [5, 5.41) is 2.95. The first-order valence-electron chi connectivity index (χ1n) is 9.81. The van der Waals surface area contributed by atoms with Gasteiger partial charge in [0.25, 0.3) is 5.91 Å². The molecule has 0 fully saturated rings. The van der Waals surface area contributed by atoms with E-state index in [9.17, 15) is 9.18 Å². The number of rotatable bonds is 6. The molecule has 4 rings (SSSR count). The van der Waals surface area contributed by atoms with E-state index >= 15 is 0 Å². The normalized spacial score (nSPS) is 11.7. The molecule has 3 aromatic carbocycles. The van der Waals surface area contributed by atoms with Crippen molar-refractivity contribution in [1.82, 2.24) is 10.3 Å². The Bertz CT molecular complexity index is 1180. The molecule has 1 atom stereocenters. The van der Waals surface area contributed by atoms with Gasteiger partial charge in [-0.05, 0) is 61.0 Å². The van der Waals surface area contributed by atoms with E-state index in [4.69, 9.17) is 9.15 Å². The van der Waals surface area contributed by atoms with Crippen molar-refractivity contribution < 1.29 is 18.3 Å². The molecule has 0 radical (unpaired) electrons. The van der Waals surface area contributed by atoms with Gasteiger partial charge in [-0.1, -0.05) is 24.3 Å². The van der Waals surface area contributed by atoms with Crippen molar-refractivity contribution in [3.63, 3.8) is 0 Å². The number of aromatic nitrogens is 1. The maximum absolute atomic E-state index is 13.2. The fourth-order valence-corrected chi connectivity index (χ4v) is 3.26. The van der Waals surface area contributed by atoms with E-state index < -0.39 is 0 Å². The highest BCUT2D eigenvalue weighted by atomic mass is 19.1. The monoisotopic (exact) mass is 416 g/mol. The number of hydrogen-bond donors (Lipinski definition) is 1. The number of methoxy groups -OCH3 is 1. The highest BCUT2D eigenvalue weighted by Gasteiger charge is 2.19. The third-order valence-corrected chi connectivity index (χ3v) is 5.00. The van der Waals surface area contributed by atoms with Crippen LogP contribution in [0.3, 0.4) is 0 Å². The van der Waals surface area contributed by atoms with Gasteiger partial charge in [-0.15, -0.1) is 0 Å². The molecule has 31 heavy (non-hydrogen) atoms. The van der Waals surface area contributed by atoms with Gasteiger partial charge in [0.15, 0.2) is 5.76 Å². The number of oxazole rings is 1. The van der Waals surface area contributed by atoms with E-state index in [1.165, 1.54) is 12.1 Å². The average Bonchev–Trinajstić information content (AvgIpc) is 3.29. The van der Waals surface area contributed by atoms with Crippen molar-refractivity contribution >= 4 is 5.91 Å². The summed E-state index contributed by atoms with van der Waals surface area (Å²) in [5.41, 5.74) is 2.70. The summed E-state index contributed by atoms with van der Waals surface area (Å²) in [5.74, 6) is 1.11. The molecule has 0 bridgehead atoms. The van der Waals surface area contributed by atoms with Crippen molar-refractivity contribution in [2.24, 2.45) is 0 Å². The molecule has 1 N–H and O–H groups in total. The van der Waals surface area contributed by atoms with Crippen LogP contribution in [0.15, 0.2) is 83.4 Å². The van der Waals surface area contributed by atoms with Crippen molar-refractivity contribution in [3.05, 3.63) is 95.9 Å². The molecule has 0 saturated heterocycles. The number of ether oxygens (including phenoxy) is 1. The summed E-state index contributed by atoms with van der Waals surface area (Å²) in [6.07, 6.45) is 1.63. The van der Waals surface area contributed by atoms with Crippen LogP contribution in [0.1, 0.15) is 28.9 Å². The summed E-state index contributed by atoms with van der Waals surface area (Å²) < 4.78 is 24.3. The molecular weight excluding hydrogens is 395 g/mol. The van der Waals surface area contributed by atoms with Crippen LogP contribution in [0, 0.1) is 5.82 Å². The van der Waals surface area contributed by atoms with E-state index in [-0.39, 0.29) is 17.8 Å². The number of nitrogens with zero attached hydrogens (tertiary/aromatic N) is 1. The molecule has 156 valence electrons. The standard InChI is InChI=1S/C25H21FN2O3/c1-16(17-7-11-19(26)12-8-17)28-24(29)21-5-3-4-6-22(21)25-27-15-23(31-25)18-9-13-20(30-2)14-10-18/h3-16H,1-2H3,(H,28,29). The second-order valence-corrected chi connectivity index (χ2v) is 7.05. The molecule has 1 heterocycles. The lowest BCUT2D eigenvalue weighted by molar-refractivity contribution is 0.0940. The Morgan fingerprint density at radius 3 is 2.45 bits per heavy atom. The quantitative estimate of drug-likeness (QED) is 0.441. The largest absolute Gasteiger partial charge is 0.497 e. The average molecular weight is 416 g/mol. The predicted octanol–water partition coefficient (Wildman–Crippen LogP) is 5.65. The van der Waals surface area contributed by atoms with Crippen LogP contribution in [0.25, 0.3) is 22.8 Å². The molecule has 6 heteroatoms. The van der Waals surface area contributed by atoms with Crippen molar-refractivity contribution in [2.75, 3.05) is 7.11 Å². The van der Waals surface area contributed by atoms with Crippen LogP contribution in [0.4, 0.5) is 4.39 Å². The SMILES string of the molecule is COc1ccc(-c2cnc(-c3ccccc3C(=O)NC(C)c3ccc(F)cc3)o2)cc1. The van der Waals surface area contributed by atoms with Gasteiger partial charge in [-0.3, -0.25) is 4.79 Å². The number of carbonyl (C=O) groups is 1. The predicted molar refractivity (Wildman–Crippen MR) is 116 cm³/mol. The van der Waals surface area contributed by atoms with E-state index in [0.717, 1.165) is 16.9 Å². The van der Waals surface area contributed by atoms with Crippen LogP contribution in [0.2, 0.25) is 0 Å². The van der Waals surface area contributed by atoms with E-state index in [1.54, 1.807) is 43.6 Å². The molecule has 1 aromatic heterocycles. The molecule has 1 unspecified atom stereocenters. The molecule has 0 aliphatic rings. The zero-order valence-electron chi connectivity index (χ0n) is 17.1. The Morgan fingerprint density at radius 2 is 1.74 bits per heavy atom. The molecule has 4 aromatic rings. The zero-order chi connectivity index (χ0) is 21.8. The lowest BCUT2D eigenvalue weighted by Gasteiger charge is -2.15. The number of nitrogens with one attached hydrogen (secondary N) is 1. The Morgan fingerprint density at radius 1 is 1.03 bits per heavy atom. The summed E-state index contributed by atoms with van der Waals surface area (Å²) in [6, 6.07) is 20.3. The van der Waals surface area contributed by atoms with Gasteiger partial charge in [0, 0.05) is 11.1 Å². The number of amides is 1. The smallest absolute Gasteiger partial charge is 0.252 e. The highest BCUT2D eigenvalue weighted by Crippen LogP contribution is 2.29. The lowest BCUT2D eigenvalue weighted by Crippen LogP contribution is -2.27. The summed E-state index contributed by atoms with van der Waals surface area (Å²) in [6.45, 7) is 1.85. The molecule has 1 amide bonds. The summed E-state index contributed by atoms with van der Waals surface area (Å²) >= 11 is 0. The Hall–Kier alpha value is -3.93. The van der Waals surface area contributed by atoms with Crippen molar-refractivity contribution in [3.8, 4) is 28.5 Å². The van der Waals surface area contributed by atoms with Gasteiger partial charge in [0.05, 0.1) is 24.9 Å². The summed E-state index contributed by atoms with van der Waals surface area (Å²) in [4.78, 5) is 17.3. The Kier molecular flexibility index (Phi) is 5.80. The topological polar surface area (TPSA) is 64.4 Å². The molecular formula is C25H21FN2O3. The van der Waals surface area contributed by atoms with Gasteiger partial charge >= 0.3 is 0 Å². The van der Waals surface area contributed by atoms with Gasteiger partial charge in [-0.25, -0.2) is 9.37 Å². The van der Waals surface area contributed by atoms with Crippen molar-refractivity contribution in [2.45, 2.75) is 13.0 Å². The maximum Gasteiger partial charge on any atom is 0.252 e. The molecule has 0 aliphatic carbocycles. The van der Waals surface area contributed by atoms with Crippen LogP contribution in [-0.2, 0) is 0 Å².